The number of halogens is 2. The molecule has 0 spiro atoms. The summed E-state index contributed by atoms with van der Waals surface area (Å²) < 4.78 is 10.6. The van der Waals surface area contributed by atoms with Gasteiger partial charge in [-0.2, -0.15) is 0 Å². The Hall–Kier alpha value is -3.81. The van der Waals surface area contributed by atoms with Crippen LogP contribution in [-0.4, -0.2) is 32.1 Å². The first-order chi connectivity index (χ1) is 16.3. The fourth-order valence-corrected chi connectivity index (χ4v) is 3.89. The molecule has 1 heterocycles. The van der Waals surface area contributed by atoms with Crippen LogP contribution in [0.3, 0.4) is 0 Å². The number of urea groups is 1. The van der Waals surface area contributed by atoms with Crippen molar-refractivity contribution in [3.05, 3.63) is 87.9 Å². The van der Waals surface area contributed by atoms with E-state index in [1.165, 1.54) is 32.4 Å². The van der Waals surface area contributed by atoms with Crippen LogP contribution in [-0.2, 0) is 9.59 Å². The maximum Gasteiger partial charge on any atom is 0.343 e. The predicted octanol–water partition coefficient (Wildman–Crippen LogP) is 5.59. The Balaban J connectivity index is 1.88. The standard InChI is InChI=1S/C25H18Cl2N2O5/c1-33-21-10-9-15(12-22(21)34-2)11-20-23(30)28(18-7-3-5-16(26)13-18)25(32)29(24(20)31)19-8-4-6-17(27)14-19/h3-14H,1-2H3. The number of barbiturate groups is 1. The largest absolute Gasteiger partial charge is 0.493 e. The minimum Gasteiger partial charge on any atom is -0.493 e. The van der Waals surface area contributed by atoms with E-state index in [-0.39, 0.29) is 16.9 Å². The van der Waals surface area contributed by atoms with E-state index in [0.717, 1.165) is 9.80 Å². The molecule has 1 fully saturated rings. The van der Waals surface area contributed by atoms with E-state index in [9.17, 15) is 14.4 Å². The number of hydrogen-bond donors (Lipinski definition) is 0. The molecule has 0 bridgehead atoms. The maximum atomic E-state index is 13.4. The quantitative estimate of drug-likeness (QED) is 0.339. The fraction of sp³-hybridized carbons (Fsp3) is 0.0800. The number of amides is 4. The molecule has 1 aliphatic rings. The number of benzene rings is 3. The Kier molecular flexibility index (Phi) is 6.58. The molecular formula is C25H18Cl2N2O5. The van der Waals surface area contributed by atoms with Crippen LogP contribution < -0.4 is 19.3 Å². The molecule has 0 radical (unpaired) electrons. The molecule has 1 saturated heterocycles. The zero-order chi connectivity index (χ0) is 24.4. The van der Waals surface area contributed by atoms with Gasteiger partial charge in [0.2, 0.25) is 0 Å². The van der Waals surface area contributed by atoms with E-state index in [1.807, 2.05) is 0 Å². The number of carbonyl (C=O) groups excluding carboxylic acids is 3. The molecule has 3 aromatic carbocycles. The van der Waals surface area contributed by atoms with Gasteiger partial charge in [0.25, 0.3) is 11.8 Å². The Bertz CT molecular complexity index is 1270. The number of carbonyl (C=O) groups is 3. The van der Waals surface area contributed by atoms with Crippen LogP contribution in [0.1, 0.15) is 5.56 Å². The summed E-state index contributed by atoms with van der Waals surface area (Å²) in [6.07, 6.45) is 1.40. The summed E-state index contributed by atoms with van der Waals surface area (Å²) in [5, 5.41) is 0.657. The van der Waals surface area contributed by atoms with Gasteiger partial charge in [-0.25, -0.2) is 14.6 Å². The Labute approximate surface area is 205 Å². The average Bonchev–Trinajstić information content (AvgIpc) is 2.82. The average molecular weight is 497 g/mol. The number of ether oxygens (including phenoxy) is 2. The van der Waals surface area contributed by atoms with Gasteiger partial charge >= 0.3 is 6.03 Å². The summed E-state index contributed by atoms with van der Waals surface area (Å²) in [5.41, 5.74) is 0.716. The second-order valence-corrected chi connectivity index (χ2v) is 8.07. The van der Waals surface area contributed by atoms with Crippen molar-refractivity contribution in [2.75, 3.05) is 24.0 Å². The highest BCUT2D eigenvalue weighted by molar-refractivity contribution is 6.46. The monoisotopic (exact) mass is 496 g/mol. The molecule has 3 aromatic rings. The van der Waals surface area contributed by atoms with Crippen molar-refractivity contribution in [1.82, 2.24) is 0 Å². The van der Waals surface area contributed by atoms with E-state index < -0.39 is 17.8 Å². The van der Waals surface area contributed by atoms with Crippen LogP contribution in [0, 0.1) is 0 Å². The zero-order valence-corrected chi connectivity index (χ0v) is 19.6. The summed E-state index contributed by atoms with van der Waals surface area (Å²) in [7, 11) is 2.98. The lowest BCUT2D eigenvalue weighted by Gasteiger charge is -2.34. The summed E-state index contributed by atoms with van der Waals surface area (Å²) in [6, 6.07) is 16.6. The number of imide groups is 2. The molecular weight excluding hydrogens is 479 g/mol. The molecule has 7 nitrogen and oxygen atoms in total. The van der Waals surface area contributed by atoms with Gasteiger partial charge in [0.1, 0.15) is 5.57 Å². The van der Waals surface area contributed by atoms with Gasteiger partial charge in [-0.3, -0.25) is 9.59 Å². The third kappa shape index (κ3) is 4.35. The highest BCUT2D eigenvalue weighted by Gasteiger charge is 2.43. The zero-order valence-electron chi connectivity index (χ0n) is 18.1. The van der Waals surface area contributed by atoms with Crippen LogP contribution >= 0.6 is 23.2 Å². The highest BCUT2D eigenvalue weighted by atomic mass is 35.5. The van der Waals surface area contributed by atoms with Gasteiger partial charge in [0.05, 0.1) is 25.6 Å². The fourth-order valence-electron chi connectivity index (χ4n) is 3.52. The van der Waals surface area contributed by atoms with Crippen molar-refractivity contribution in [2.45, 2.75) is 0 Å². The lowest BCUT2D eigenvalue weighted by atomic mass is 10.0. The lowest BCUT2D eigenvalue weighted by molar-refractivity contribution is -0.121. The number of anilines is 2. The molecule has 4 rings (SSSR count). The smallest absolute Gasteiger partial charge is 0.343 e. The number of rotatable bonds is 5. The van der Waals surface area contributed by atoms with E-state index in [1.54, 1.807) is 54.6 Å². The Morgan fingerprint density at radius 3 is 1.71 bits per heavy atom. The second-order valence-electron chi connectivity index (χ2n) is 7.20. The summed E-state index contributed by atoms with van der Waals surface area (Å²) in [6.45, 7) is 0. The van der Waals surface area contributed by atoms with Gasteiger partial charge < -0.3 is 9.47 Å². The molecule has 9 heteroatoms. The van der Waals surface area contributed by atoms with Gasteiger partial charge in [0.15, 0.2) is 11.5 Å². The molecule has 0 aliphatic carbocycles. The SMILES string of the molecule is COc1ccc(C=C2C(=O)N(c3cccc(Cl)c3)C(=O)N(c3cccc(Cl)c3)C2=O)cc1OC. The molecule has 0 unspecified atom stereocenters. The number of methoxy groups -OCH3 is 2. The van der Waals surface area contributed by atoms with E-state index in [0.29, 0.717) is 27.1 Å². The van der Waals surface area contributed by atoms with Gasteiger partial charge in [-0.1, -0.05) is 41.4 Å². The van der Waals surface area contributed by atoms with Gasteiger partial charge in [-0.05, 0) is 60.2 Å². The first kappa shape index (κ1) is 23.4. The van der Waals surface area contributed by atoms with Crippen molar-refractivity contribution in [1.29, 1.82) is 0 Å². The molecule has 0 aromatic heterocycles. The van der Waals surface area contributed by atoms with Gasteiger partial charge in [0, 0.05) is 10.0 Å². The molecule has 4 amide bonds. The maximum absolute atomic E-state index is 13.4. The molecule has 0 atom stereocenters. The van der Waals surface area contributed by atoms with E-state index in [4.69, 9.17) is 32.7 Å². The highest BCUT2D eigenvalue weighted by Crippen LogP contribution is 2.33. The van der Waals surface area contributed by atoms with Crippen LogP contribution in [0.5, 0.6) is 11.5 Å². The van der Waals surface area contributed by atoms with Crippen LogP contribution in [0.15, 0.2) is 72.3 Å². The first-order valence-electron chi connectivity index (χ1n) is 10.0. The summed E-state index contributed by atoms with van der Waals surface area (Å²) in [5.74, 6) is -0.667. The molecule has 1 aliphatic heterocycles. The lowest BCUT2D eigenvalue weighted by Crippen LogP contribution is -2.57. The summed E-state index contributed by atoms with van der Waals surface area (Å²) >= 11 is 12.2. The predicted molar refractivity (Wildman–Crippen MR) is 131 cm³/mol. The minimum absolute atomic E-state index is 0.222. The van der Waals surface area contributed by atoms with Crippen LogP contribution in [0.25, 0.3) is 6.08 Å². The number of nitrogens with zero attached hydrogens (tertiary/aromatic N) is 2. The topological polar surface area (TPSA) is 76.2 Å². The Morgan fingerprint density at radius 2 is 1.24 bits per heavy atom. The van der Waals surface area contributed by atoms with Crippen molar-refractivity contribution < 1.29 is 23.9 Å². The normalized spacial score (nSPS) is 13.9. The number of hydrogen-bond acceptors (Lipinski definition) is 5. The Morgan fingerprint density at radius 1 is 0.706 bits per heavy atom. The van der Waals surface area contributed by atoms with E-state index in [2.05, 4.69) is 0 Å². The molecule has 34 heavy (non-hydrogen) atoms. The third-order valence-corrected chi connectivity index (χ3v) is 5.57. The second kappa shape index (κ2) is 9.59. The minimum atomic E-state index is -0.844. The van der Waals surface area contributed by atoms with Crippen LogP contribution in [0.2, 0.25) is 10.0 Å². The van der Waals surface area contributed by atoms with Crippen LogP contribution in [0.4, 0.5) is 16.2 Å². The van der Waals surface area contributed by atoms with Crippen molar-refractivity contribution in [3.63, 3.8) is 0 Å². The molecule has 0 saturated carbocycles. The van der Waals surface area contributed by atoms with Gasteiger partial charge in [-0.15, -0.1) is 0 Å². The van der Waals surface area contributed by atoms with Crippen molar-refractivity contribution >= 4 is 58.5 Å². The van der Waals surface area contributed by atoms with E-state index >= 15 is 0 Å². The third-order valence-electron chi connectivity index (χ3n) is 5.10. The van der Waals surface area contributed by atoms with Crippen molar-refractivity contribution in [3.8, 4) is 11.5 Å². The summed E-state index contributed by atoms with van der Waals surface area (Å²) in [4.78, 5) is 42.1. The first-order valence-corrected chi connectivity index (χ1v) is 10.8. The van der Waals surface area contributed by atoms with Crippen molar-refractivity contribution in [2.24, 2.45) is 0 Å². The molecule has 0 N–H and O–H groups in total. The molecule has 172 valence electrons.